The molecule has 0 fully saturated rings. The second-order valence-electron chi connectivity index (χ2n) is 4.82. The van der Waals surface area contributed by atoms with Crippen LogP contribution in [0.4, 0.5) is 11.4 Å². The third kappa shape index (κ3) is 2.56. The molecule has 0 saturated carbocycles. The van der Waals surface area contributed by atoms with E-state index in [4.69, 9.17) is 16.9 Å². The third-order valence-electron chi connectivity index (χ3n) is 3.50. The number of carbonyl (C=O) groups excluding carboxylic acids is 1. The maximum absolute atomic E-state index is 12.4. The number of amides is 1. The van der Waals surface area contributed by atoms with Gasteiger partial charge >= 0.3 is 0 Å². The molecule has 1 atom stereocenters. The molecule has 2 aromatic carbocycles. The van der Waals surface area contributed by atoms with Gasteiger partial charge in [-0.3, -0.25) is 4.79 Å². The van der Waals surface area contributed by atoms with Crippen LogP contribution in [0.2, 0.25) is 5.02 Å². The highest BCUT2D eigenvalue weighted by Gasteiger charge is 2.28. The summed E-state index contributed by atoms with van der Waals surface area (Å²) in [5.74, 6) is -0.332. The largest absolute Gasteiger partial charge is 0.384 e. The number of nitrogens with zero attached hydrogens (tertiary/aromatic N) is 1. The summed E-state index contributed by atoms with van der Waals surface area (Å²) in [4.78, 5) is 12.4. The molecule has 0 aromatic heterocycles. The van der Waals surface area contributed by atoms with Gasteiger partial charge < -0.3 is 10.6 Å². The Hall–Kier alpha value is -2.51. The molecule has 1 aliphatic rings. The molecule has 5 heteroatoms. The van der Waals surface area contributed by atoms with Crippen molar-refractivity contribution in [2.45, 2.75) is 5.92 Å². The minimum absolute atomic E-state index is 0.0985. The highest BCUT2D eigenvalue weighted by atomic mass is 35.5. The quantitative estimate of drug-likeness (QED) is 0.893. The Morgan fingerprint density at radius 2 is 2.14 bits per heavy atom. The summed E-state index contributed by atoms with van der Waals surface area (Å²) in [7, 11) is 0. The third-order valence-corrected chi connectivity index (χ3v) is 3.83. The first kappa shape index (κ1) is 13.5. The molecule has 21 heavy (non-hydrogen) atoms. The molecular weight excluding hydrogens is 286 g/mol. The van der Waals surface area contributed by atoms with E-state index in [1.54, 1.807) is 18.2 Å². The lowest BCUT2D eigenvalue weighted by molar-refractivity contribution is -0.117. The second-order valence-corrected chi connectivity index (χ2v) is 5.22. The molecule has 1 heterocycles. The summed E-state index contributed by atoms with van der Waals surface area (Å²) in [6.07, 6.45) is 0. The minimum atomic E-state index is -0.234. The lowest BCUT2D eigenvalue weighted by Gasteiger charge is -2.11. The van der Waals surface area contributed by atoms with Crippen LogP contribution in [0.15, 0.2) is 42.5 Å². The van der Waals surface area contributed by atoms with Crippen LogP contribution in [0, 0.1) is 11.3 Å². The molecule has 1 aliphatic heterocycles. The molecule has 2 N–H and O–H groups in total. The predicted octanol–water partition coefficient (Wildman–Crippen LogP) is 3.36. The number of para-hydroxylation sites is 1. The zero-order valence-electron chi connectivity index (χ0n) is 11.1. The van der Waals surface area contributed by atoms with E-state index in [2.05, 4.69) is 10.6 Å². The molecule has 0 aliphatic carbocycles. The number of anilines is 2. The summed E-state index contributed by atoms with van der Waals surface area (Å²) in [5.41, 5.74) is 2.90. The average molecular weight is 298 g/mol. The maximum atomic E-state index is 12.4. The molecule has 0 spiro atoms. The number of carbonyl (C=O) groups is 1. The lowest BCUT2D eigenvalue weighted by Crippen LogP contribution is -2.22. The minimum Gasteiger partial charge on any atom is -0.384 e. The summed E-state index contributed by atoms with van der Waals surface area (Å²) in [6.45, 7) is 0.573. The molecule has 104 valence electrons. The predicted molar refractivity (Wildman–Crippen MR) is 82.5 cm³/mol. The first-order valence-corrected chi connectivity index (χ1v) is 6.90. The number of nitriles is 1. The van der Waals surface area contributed by atoms with Gasteiger partial charge in [0.05, 0.1) is 16.5 Å². The van der Waals surface area contributed by atoms with E-state index < -0.39 is 0 Å². The fourth-order valence-electron chi connectivity index (χ4n) is 2.44. The standard InChI is InChI=1S/C16H12ClN3O/c17-14-6-5-11(7-10(14)8-18)20-16(21)13-9-19-15-4-2-1-3-12(13)15/h1-7,13,19H,9H2,(H,20,21). The first-order chi connectivity index (χ1) is 10.2. The number of halogens is 1. The van der Waals surface area contributed by atoms with Crippen LogP contribution in [0.1, 0.15) is 17.0 Å². The van der Waals surface area contributed by atoms with Gasteiger partial charge in [-0.1, -0.05) is 29.8 Å². The Morgan fingerprint density at radius 1 is 1.33 bits per heavy atom. The van der Waals surface area contributed by atoms with Crippen molar-refractivity contribution in [1.82, 2.24) is 0 Å². The molecule has 4 nitrogen and oxygen atoms in total. The maximum Gasteiger partial charge on any atom is 0.233 e. The van der Waals surface area contributed by atoms with Gasteiger partial charge in [0, 0.05) is 17.9 Å². The van der Waals surface area contributed by atoms with Crippen molar-refractivity contribution in [3.8, 4) is 6.07 Å². The number of hydrogen-bond donors (Lipinski definition) is 2. The van der Waals surface area contributed by atoms with Crippen molar-refractivity contribution in [3.63, 3.8) is 0 Å². The van der Waals surface area contributed by atoms with Crippen LogP contribution in [0.25, 0.3) is 0 Å². The van der Waals surface area contributed by atoms with Crippen molar-refractivity contribution in [2.24, 2.45) is 0 Å². The van der Waals surface area contributed by atoms with Gasteiger partial charge in [-0.05, 0) is 29.8 Å². The van der Waals surface area contributed by atoms with Crippen LogP contribution in [-0.2, 0) is 4.79 Å². The zero-order valence-corrected chi connectivity index (χ0v) is 11.8. The molecule has 3 rings (SSSR count). The number of rotatable bonds is 2. The van der Waals surface area contributed by atoms with Crippen molar-refractivity contribution < 1.29 is 4.79 Å². The van der Waals surface area contributed by atoms with Crippen molar-refractivity contribution in [2.75, 3.05) is 17.2 Å². The van der Waals surface area contributed by atoms with E-state index in [1.807, 2.05) is 30.3 Å². The summed E-state index contributed by atoms with van der Waals surface area (Å²) in [6, 6.07) is 14.6. The van der Waals surface area contributed by atoms with Crippen LogP contribution in [-0.4, -0.2) is 12.5 Å². The first-order valence-electron chi connectivity index (χ1n) is 6.52. The molecule has 0 radical (unpaired) electrons. The van der Waals surface area contributed by atoms with E-state index in [0.29, 0.717) is 22.8 Å². The van der Waals surface area contributed by atoms with Gasteiger partial charge in [-0.2, -0.15) is 5.26 Å². The summed E-state index contributed by atoms with van der Waals surface area (Å²) in [5, 5.41) is 15.4. The number of benzene rings is 2. The average Bonchev–Trinajstić information content (AvgIpc) is 2.93. The fraction of sp³-hybridized carbons (Fsp3) is 0.125. The van der Waals surface area contributed by atoms with Crippen LogP contribution >= 0.6 is 11.6 Å². The highest BCUT2D eigenvalue weighted by Crippen LogP contribution is 2.32. The molecule has 1 amide bonds. The van der Waals surface area contributed by atoms with E-state index in [9.17, 15) is 4.79 Å². The van der Waals surface area contributed by atoms with E-state index in [1.165, 1.54) is 0 Å². The van der Waals surface area contributed by atoms with Gasteiger partial charge in [-0.15, -0.1) is 0 Å². The topological polar surface area (TPSA) is 64.9 Å². The molecule has 0 saturated heterocycles. The lowest BCUT2D eigenvalue weighted by atomic mass is 10.0. The number of fused-ring (bicyclic) bond motifs is 1. The summed E-state index contributed by atoms with van der Waals surface area (Å²) < 4.78 is 0. The van der Waals surface area contributed by atoms with E-state index in [-0.39, 0.29) is 11.8 Å². The smallest absolute Gasteiger partial charge is 0.233 e. The molecule has 2 aromatic rings. The van der Waals surface area contributed by atoms with Gasteiger partial charge in [0.1, 0.15) is 6.07 Å². The Kier molecular flexibility index (Phi) is 3.51. The molecule has 0 bridgehead atoms. The van der Waals surface area contributed by atoms with Crippen LogP contribution in [0.5, 0.6) is 0 Å². The van der Waals surface area contributed by atoms with Gasteiger partial charge in [0.15, 0.2) is 0 Å². The molecular formula is C16H12ClN3O. The van der Waals surface area contributed by atoms with E-state index in [0.717, 1.165) is 11.3 Å². The van der Waals surface area contributed by atoms with Gasteiger partial charge in [0.25, 0.3) is 0 Å². The van der Waals surface area contributed by atoms with E-state index >= 15 is 0 Å². The van der Waals surface area contributed by atoms with Crippen molar-refractivity contribution in [1.29, 1.82) is 5.26 Å². The molecule has 1 unspecified atom stereocenters. The van der Waals surface area contributed by atoms with Gasteiger partial charge in [-0.25, -0.2) is 0 Å². The monoisotopic (exact) mass is 297 g/mol. The Balaban J connectivity index is 1.81. The summed E-state index contributed by atoms with van der Waals surface area (Å²) >= 11 is 5.88. The van der Waals surface area contributed by atoms with Crippen LogP contribution in [0.3, 0.4) is 0 Å². The zero-order chi connectivity index (χ0) is 14.8. The SMILES string of the molecule is N#Cc1cc(NC(=O)C2CNc3ccccc32)ccc1Cl. The highest BCUT2D eigenvalue weighted by molar-refractivity contribution is 6.31. The van der Waals surface area contributed by atoms with Crippen LogP contribution < -0.4 is 10.6 Å². The number of hydrogen-bond acceptors (Lipinski definition) is 3. The number of nitrogens with one attached hydrogen (secondary N) is 2. The Bertz CT molecular complexity index is 751. The fourth-order valence-corrected chi connectivity index (χ4v) is 2.60. The van der Waals surface area contributed by atoms with Crippen molar-refractivity contribution in [3.05, 3.63) is 58.6 Å². The normalized spacial score (nSPS) is 15.7. The second kappa shape index (κ2) is 5.47. The van der Waals surface area contributed by atoms with Crippen molar-refractivity contribution >= 4 is 28.9 Å². The Labute approximate surface area is 127 Å². The Morgan fingerprint density at radius 3 is 2.95 bits per heavy atom. The van der Waals surface area contributed by atoms with Gasteiger partial charge in [0.2, 0.25) is 5.91 Å².